The number of aryl methyl sites for hydroxylation is 2. The number of likely N-dealkylation sites (tertiary alicyclic amines) is 1. The van der Waals surface area contributed by atoms with Gasteiger partial charge in [-0.1, -0.05) is 0 Å². The van der Waals surface area contributed by atoms with Crippen LogP contribution in [0.25, 0.3) is 0 Å². The third-order valence-corrected chi connectivity index (χ3v) is 5.74. The van der Waals surface area contributed by atoms with Crippen molar-refractivity contribution in [3.05, 3.63) is 35.2 Å². The van der Waals surface area contributed by atoms with Gasteiger partial charge >= 0.3 is 0 Å². The van der Waals surface area contributed by atoms with Crippen LogP contribution in [0.5, 0.6) is 0 Å². The van der Waals surface area contributed by atoms with E-state index in [0.717, 1.165) is 56.1 Å². The van der Waals surface area contributed by atoms with Gasteiger partial charge in [0.25, 0.3) is 0 Å². The molecule has 3 rings (SSSR count). The van der Waals surface area contributed by atoms with E-state index in [1.54, 1.807) is 7.11 Å². The topological polar surface area (TPSA) is 65.2 Å². The minimum Gasteiger partial charge on any atom is -0.383 e. The second kappa shape index (κ2) is 8.69. The fourth-order valence-electron chi connectivity index (χ4n) is 4.02. The highest BCUT2D eigenvalue weighted by Gasteiger charge is 2.26. The van der Waals surface area contributed by atoms with Gasteiger partial charge in [0.1, 0.15) is 5.82 Å². The molecule has 0 N–H and O–H groups in total. The molecule has 27 heavy (non-hydrogen) atoms. The Kier molecular flexibility index (Phi) is 6.31. The lowest BCUT2D eigenvalue weighted by atomic mass is 9.95. The van der Waals surface area contributed by atoms with Gasteiger partial charge in [-0.25, -0.2) is 4.98 Å². The van der Waals surface area contributed by atoms with Gasteiger partial charge in [0.15, 0.2) is 0 Å². The zero-order chi connectivity index (χ0) is 19.4. The number of rotatable bonds is 7. The highest BCUT2D eigenvalue weighted by molar-refractivity contribution is 5.76. The van der Waals surface area contributed by atoms with Gasteiger partial charge in [-0.15, -0.1) is 0 Å². The molecule has 7 heteroatoms. The van der Waals surface area contributed by atoms with Gasteiger partial charge in [0.2, 0.25) is 5.91 Å². The molecule has 1 aliphatic heterocycles. The molecule has 0 aromatic carbocycles. The molecule has 0 saturated carbocycles. The van der Waals surface area contributed by atoms with Gasteiger partial charge < -0.3 is 14.2 Å². The molecule has 1 fully saturated rings. The van der Waals surface area contributed by atoms with E-state index in [2.05, 4.69) is 21.6 Å². The van der Waals surface area contributed by atoms with Crippen LogP contribution in [0.4, 0.5) is 0 Å². The Morgan fingerprint density at radius 3 is 2.67 bits per heavy atom. The van der Waals surface area contributed by atoms with Gasteiger partial charge in [-0.3, -0.25) is 9.48 Å². The highest BCUT2D eigenvalue weighted by atomic mass is 16.5. The molecule has 0 aliphatic carbocycles. The molecule has 0 bridgehead atoms. The number of hydrogen-bond acceptors (Lipinski definition) is 4. The molecule has 7 nitrogen and oxygen atoms in total. The van der Waals surface area contributed by atoms with Crippen molar-refractivity contribution in [2.45, 2.75) is 52.0 Å². The lowest BCUT2D eigenvalue weighted by Crippen LogP contribution is -2.38. The molecule has 3 heterocycles. The number of aromatic nitrogens is 4. The molecular weight excluding hydrogens is 342 g/mol. The predicted molar refractivity (Wildman–Crippen MR) is 104 cm³/mol. The summed E-state index contributed by atoms with van der Waals surface area (Å²) in [6.07, 6.45) is 7.15. The first-order chi connectivity index (χ1) is 13.0. The van der Waals surface area contributed by atoms with Gasteiger partial charge in [-0.2, -0.15) is 5.10 Å². The Balaban J connectivity index is 1.51. The molecule has 0 atom stereocenters. The molecule has 1 aliphatic rings. The molecule has 0 unspecified atom stereocenters. The van der Waals surface area contributed by atoms with Crippen LogP contribution in [-0.2, 0) is 29.5 Å². The Morgan fingerprint density at radius 2 is 2.04 bits per heavy atom. The standard InChI is InChI=1S/C20H31N5O2/c1-15-18(16(2)23(3)22-15)5-6-19(26)24-10-7-17(8-11-24)20-21-9-12-25(20)13-14-27-4/h9,12,17H,5-8,10-11,13-14H2,1-4H3. The third-order valence-electron chi connectivity index (χ3n) is 5.74. The van der Waals surface area contributed by atoms with Crippen molar-refractivity contribution in [2.75, 3.05) is 26.8 Å². The van der Waals surface area contributed by atoms with Crippen molar-refractivity contribution in [1.82, 2.24) is 24.2 Å². The summed E-state index contributed by atoms with van der Waals surface area (Å²) in [7, 11) is 3.67. The smallest absolute Gasteiger partial charge is 0.222 e. The first kappa shape index (κ1) is 19.6. The van der Waals surface area contributed by atoms with E-state index in [4.69, 9.17) is 4.74 Å². The number of hydrogen-bond donors (Lipinski definition) is 0. The molecule has 2 aromatic rings. The summed E-state index contributed by atoms with van der Waals surface area (Å²) in [6.45, 7) is 7.22. The summed E-state index contributed by atoms with van der Waals surface area (Å²) >= 11 is 0. The first-order valence-corrected chi connectivity index (χ1v) is 9.78. The van der Waals surface area contributed by atoms with E-state index in [1.165, 1.54) is 5.56 Å². The Hall–Kier alpha value is -2.15. The quantitative estimate of drug-likeness (QED) is 0.746. The monoisotopic (exact) mass is 373 g/mol. The lowest BCUT2D eigenvalue weighted by Gasteiger charge is -2.32. The molecule has 0 radical (unpaired) electrons. The van der Waals surface area contributed by atoms with Crippen LogP contribution in [0.2, 0.25) is 0 Å². The van der Waals surface area contributed by atoms with Crippen molar-refractivity contribution in [3.8, 4) is 0 Å². The largest absolute Gasteiger partial charge is 0.383 e. The number of carbonyl (C=O) groups excluding carboxylic acids is 1. The number of ether oxygens (including phenoxy) is 1. The normalized spacial score (nSPS) is 15.5. The minimum atomic E-state index is 0.249. The van der Waals surface area contributed by atoms with E-state index in [-0.39, 0.29) is 5.91 Å². The molecule has 1 amide bonds. The van der Waals surface area contributed by atoms with Gasteiger partial charge in [0.05, 0.1) is 12.3 Å². The summed E-state index contributed by atoms with van der Waals surface area (Å²) < 4.78 is 9.26. The maximum atomic E-state index is 12.7. The highest BCUT2D eigenvalue weighted by Crippen LogP contribution is 2.27. The number of methoxy groups -OCH3 is 1. The third kappa shape index (κ3) is 4.40. The van der Waals surface area contributed by atoms with Crippen LogP contribution in [-0.4, -0.2) is 56.9 Å². The van der Waals surface area contributed by atoms with Crippen molar-refractivity contribution >= 4 is 5.91 Å². The van der Waals surface area contributed by atoms with Crippen LogP contribution in [0.3, 0.4) is 0 Å². The second-order valence-corrected chi connectivity index (χ2v) is 7.40. The van der Waals surface area contributed by atoms with Crippen LogP contribution in [0.1, 0.15) is 48.0 Å². The number of carbonyl (C=O) groups is 1. The molecule has 148 valence electrons. The Labute approximate surface area is 161 Å². The number of nitrogens with zero attached hydrogens (tertiary/aromatic N) is 5. The summed E-state index contributed by atoms with van der Waals surface area (Å²) in [5.74, 6) is 1.79. The van der Waals surface area contributed by atoms with Gasteiger partial charge in [0, 0.05) is 64.2 Å². The molecule has 2 aromatic heterocycles. The Morgan fingerprint density at radius 1 is 1.30 bits per heavy atom. The van der Waals surface area contributed by atoms with Gasteiger partial charge in [-0.05, 0) is 38.7 Å². The molecule has 1 saturated heterocycles. The Bertz CT molecular complexity index is 771. The van der Waals surface area contributed by atoms with Crippen LogP contribution in [0, 0.1) is 13.8 Å². The maximum Gasteiger partial charge on any atom is 0.222 e. The van der Waals surface area contributed by atoms with Crippen molar-refractivity contribution in [2.24, 2.45) is 7.05 Å². The lowest BCUT2D eigenvalue weighted by molar-refractivity contribution is -0.132. The van der Waals surface area contributed by atoms with E-state index in [0.29, 0.717) is 18.9 Å². The summed E-state index contributed by atoms with van der Waals surface area (Å²) in [6, 6.07) is 0. The van der Waals surface area contributed by atoms with Crippen LogP contribution >= 0.6 is 0 Å². The summed E-state index contributed by atoms with van der Waals surface area (Å²) in [4.78, 5) is 19.2. The first-order valence-electron chi connectivity index (χ1n) is 9.78. The van der Waals surface area contributed by atoms with Crippen molar-refractivity contribution in [3.63, 3.8) is 0 Å². The minimum absolute atomic E-state index is 0.249. The van der Waals surface area contributed by atoms with Crippen LogP contribution < -0.4 is 0 Å². The fraction of sp³-hybridized carbons (Fsp3) is 0.650. The van der Waals surface area contributed by atoms with Crippen molar-refractivity contribution < 1.29 is 9.53 Å². The average Bonchev–Trinajstić information content (AvgIpc) is 3.23. The van der Waals surface area contributed by atoms with Crippen LogP contribution in [0.15, 0.2) is 12.4 Å². The average molecular weight is 374 g/mol. The zero-order valence-electron chi connectivity index (χ0n) is 16.9. The number of piperidine rings is 1. The molecular formula is C20H31N5O2. The zero-order valence-corrected chi connectivity index (χ0v) is 16.9. The number of imidazole rings is 1. The second-order valence-electron chi connectivity index (χ2n) is 7.40. The SMILES string of the molecule is COCCn1ccnc1C1CCN(C(=O)CCc2c(C)nn(C)c2C)CC1. The van der Waals surface area contributed by atoms with E-state index >= 15 is 0 Å². The number of amides is 1. The summed E-state index contributed by atoms with van der Waals surface area (Å²) in [5, 5.41) is 4.44. The summed E-state index contributed by atoms with van der Waals surface area (Å²) in [5.41, 5.74) is 3.40. The fourth-order valence-corrected chi connectivity index (χ4v) is 4.02. The maximum absolute atomic E-state index is 12.7. The van der Waals surface area contributed by atoms with E-state index in [1.807, 2.05) is 35.9 Å². The van der Waals surface area contributed by atoms with E-state index < -0.39 is 0 Å². The van der Waals surface area contributed by atoms with Crippen molar-refractivity contribution in [1.29, 1.82) is 0 Å². The molecule has 0 spiro atoms. The predicted octanol–water partition coefficient (Wildman–Crippen LogP) is 2.22. The van der Waals surface area contributed by atoms with E-state index in [9.17, 15) is 4.79 Å².